The smallest absolute Gasteiger partial charge is 0.358 e. The van der Waals surface area contributed by atoms with E-state index < -0.39 is 5.97 Å². The van der Waals surface area contributed by atoms with Crippen LogP contribution >= 0.6 is 0 Å². The van der Waals surface area contributed by atoms with Crippen molar-refractivity contribution in [3.63, 3.8) is 0 Å². The summed E-state index contributed by atoms with van der Waals surface area (Å²) < 4.78 is 6.54. The molecule has 2 aromatic heterocycles. The third kappa shape index (κ3) is 2.91. The van der Waals surface area contributed by atoms with Crippen molar-refractivity contribution in [2.75, 3.05) is 13.7 Å². The van der Waals surface area contributed by atoms with Gasteiger partial charge in [-0.05, 0) is 12.6 Å². The van der Waals surface area contributed by atoms with E-state index in [0.29, 0.717) is 36.8 Å². The molecular formula is C12H15N5O3. The number of ether oxygens (including phenoxy) is 1. The van der Waals surface area contributed by atoms with Crippen LogP contribution < -0.4 is 10.5 Å². The maximum Gasteiger partial charge on any atom is 0.358 e. The van der Waals surface area contributed by atoms with Gasteiger partial charge in [-0.15, -0.1) is 5.10 Å². The summed E-state index contributed by atoms with van der Waals surface area (Å²) >= 11 is 0. The van der Waals surface area contributed by atoms with Crippen LogP contribution in [0, 0.1) is 0 Å². The number of methoxy groups -OCH3 is 1. The SMILES string of the molecule is COc1cccc(Cn2nnc(C(=O)O)c2CCN)n1. The van der Waals surface area contributed by atoms with Crippen molar-refractivity contribution in [3.8, 4) is 5.88 Å². The van der Waals surface area contributed by atoms with Gasteiger partial charge >= 0.3 is 5.97 Å². The van der Waals surface area contributed by atoms with Gasteiger partial charge in [0, 0.05) is 12.5 Å². The zero-order chi connectivity index (χ0) is 14.5. The minimum Gasteiger partial charge on any atom is -0.481 e. The van der Waals surface area contributed by atoms with Crippen LogP contribution in [0.2, 0.25) is 0 Å². The summed E-state index contributed by atoms with van der Waals surface area (Å²) in [5.74, 6) is -0.625. The summed E-state index contributed by atoms with van der Waals surface area (Å²) in [6.07, 6.45) is 0.388. The first-order valence-corrected chi connectivity index (χ1v) is 6.01. The second-order valence-corrected chi connectivity index (χ2v) is 4.06. The lowest BCUT2D eigenvalue weighted by Gasteiger charge is -2.06. The fraction of sp³-hybridized carbons (Fsp3) is 0.333. The van der Waals surface area contributed by atoms with Crippen LogP contribution in [-0.4, -0.2) is 44.7 Å². The number of pyridine rings is 1. The molecule has 0 aliphatic heterocycles. The van der Waals surface area contributed by atoms with E-state index in [-0.39, 0.29) is 5.69 Å². The first kappa shape index (κ1) is 13.9. The third-order valence-electron chi connectivity index (χ3n) is 2.72. The molecule has 20 heavy (non-hydrogen) atoms. The van der Waals surface area contributed by atoms with Crippen LogP contribution in [-0.2, 0) is 13.0 Å². The molecule has 3 N–H and O–H groups in total. The van der Waals surface area contributed by atoms with Crippen molar-refractivity contribution in [3.05, 3.63) is 35.3 Å². The highest BCUT2D eigenvalue weighted by Gasteiger charge is 2.18. The summed E-state index contributed by atoms with van der Waals surface area (Å²) in [4.78, 5) is 15.3. The van der Waals surface area contributed by atoms with E-state index in [0.717, 1.165) is 0 Å². The zero-order valence-electron chi connectivity index (χ0n) is 11.0. The maximum atomic E-state index is 11.1. The highest BCUT2D eigenvalue weighted by atomic mass is 16.5. The van der Waals surface area contributed by atoms with Gasteiger partial charge in [0.05, 0.1) is 25.0 Å². The van der Waals surface area contributed by atoms with Gasteiger partial charge < -0.3 is 15.6 Å². The van der Waals surface area contributed by atoms with Gasteiger partial charge in [-0.1, -0.05) is 11.3 Å². The van der Waals surface area contributed by atoms with Gasteiger partial charge in [0.2, 0.25) is 5.88 Å². The van der Waals surface area contributed by atoms with Gasteiger partial charge in [-0.2, -0.15) is 0 Å². The molecule has 8 heteroatoms. The van der Waals surface area contributed by atoms with Crippen LogP contribution in [0.5, 0.6) is 5.88 Å². The number of rotatable bonds is 6. The minimum atomic E-state index is -1.11. The predicted octanol–water partition coefficient (Wildman–Crippen LogP) is -0.0706. The highest BCUT2D eigenvalue weighted by molar-refractivity contribution is 5.86. The van der Waals surface area contributed by atoms with Crippen molar-refractivity contribution in [2.24, 2.45) is 5.73 Å². The number of hydrogen-bond acceptors (Lipinski definition) is 6. The molecule has 0 fully saturated rings. The quantitative estimate of drug-likeness (QED) is 0.759. The fourth-order valence-corrected chi connectivity index (χ4v) is 1.82. The monoisotopic (exact) mass is 277 g/mol. The summed E-state index contributed by atoms with van der Waals surface area (Å²) in [5, 5.41) is 16.6. The standard InChI is InChI=1S/C12H15N5O3/c1-20-10-4-2-3-8(14-10)7-17-9(5-6-13)11(12(18)19)15-16-17/h2-4H,5-7,13H2,1H3,(H,18,19). The number of nitrogens with zero attached hydrogens (tertiary/aromatic N) is 4. The summed E-state index contributed by atoms with van der Waals surface area (Å²) in [5.41, 5.74) is 6.62. The Kier molecular flexibility index (Phi) is 4.26. The van der Waals surface area contributed by atoms with Crippen LogP contribution in [0.4, 0.5) is 0 Å². The second-order valence-electron chi connectivity index (χ2n) is 4.06. The van der Waals surface area contributed by atoms with Crippen LogP contribution in [0.25, 0.3) is 0 Å². The lowest BCUT2D eigenvalue weighted by molar-refractivity contribution is 0.0689. The van der Waals surface area contributed by atoms with Crippen LogP contribution in [0.1, 0.15) is 21.9 Å². The molecule has 0 unspecified atom stereocenters. The van der Waals surface area contributed by atoms with Crippen LogP contribution in [0.15, 0.2) is 18.2 Å². The minimum absolute atomic E-state index is 0.0710. The van der Waals surface area contributed by atoms with E-state index in [1.807, 2.05) is 0 Å². The van der Waals surface area contributed by atoms with Gasteiger partial charge in [-0.25, -0.2) is 14.5 Å². The van der Waals surface area contributed by atoms with Crippen molar-refractivity contribution < 1.29 is 14.6 Å². The fourth-order valence-electron chi connectivity index (χ4n) is 1.82. The van der Waals surface area contributed by atoms with Crippen molar-refractivity contribution in [1.29, 1.82) is 0 Å². The average Bonchev–Trinajstić information content (AvgIpc) is 2.83. The Morgan fingerprint density at radius 2 is 2.30 bits per heavy atom. The molecule has 0 aromatic carbocycles. The first-order chi connectivity index (χ1) is 9.65. The molecule has 0 amide bonds. The summed E-state index contributed by atoms with van der Waals surface area (Å²) in [7, 11) is 1.53. The zero-order valence-corrected chi connectivity index (χ0v) is 11.0. The molecule has 0 radical (unpaired) electrons. The molecule has 0 aliphatic carbocycles. The van der Waals surface area contributed by atoms with Gasteiger partial charge in [0.15, 0.2) is 5.69 Å². The Labute approximate surface area is 115 Å². The van der Waals surface area contributed by atoms with E-state index in [9.17, 15) is 4.79 Å². The van der Waals surface area contributed by atoms with E-state index in [1.165, 1.54) is 11.8 Å². The maximum absolute atomic E-state index is 11.1. The number of carbonyl (C=O) groups is 1. The number of aromatic nitrogens is 4. The Morgan fingerprint density at radius 3 is 2.95 bits per heavy atom. The van der Waals surface area contributed by atoms with E-state index in [4.69, 9.17) is 15.6 Å². The van der Waals surface area contributed by atoms with Crippen LogP contribution in [0.3, 0.4) is 0 Å². The number of carboxylic acids is 1. The van der Waals surface area contributed by atoms with E-state index in [1.54, 1.807) is 18.2 Å². The molecule has 0 spiro atoms. The van der Waals surface area contributed by atoms with Gasteiger partial charge in [-0.3, -0.25) is 0 Å². The predicted molar refractivity (Wildman–Crippen MR) is 69.6 cm³/mol. The summed E-state index contributed by atoms with van der Waals surface area (Å²) in [6.45, 7) is 0.631. The largest absolute Gasteiger partial charge is 0.481 e. The molecule has 106 valence electrons. The lowest BCUT2D eigenvalue weighted by Crippen LogP contribution is -2.14. The van der Waals surface area contributed by atoms with Crippen molar-refractivity contribution in [2.45, 2.75) is 13.0 Å². The molecule has 0 atom stereocenters. The van der Waals surface area contributed by atoms with Gasteiger partial charge in [0.1, 0.15) is 0 Å². The Bertz CT molecular complexity index is 611. The molecule has 0 saturated carbocycles. The number of aromatic carboxylic acids is 1. The third-order valence-corrected chi connectivity index (χ3v) is 2.72. The van der Waals surface area contributed by atoms with Crippen molar-refractivity contribution >= 4 is 5.97 Å². The average molecular weight is 277 g/mol. The molecule has 8 nitrogen and oxygen atoms in total. The van der Waals surface area contributed by atoms with Gasteiger partial charge in [0.25, 0.3) is 0 Å². The molecular weight excluding hydrogens is 262 g/mol. The van der Waals surface area contributed by atoms with E-state index >= 15 is 0 Å². The first-order valence-electron chi connectivity index (χ1n) is 6.01. The molecule has 2 heterocycles. The molecule has 2 aromatic rings. The Hall–Kier alpha value is -2.48. The lowest BCUT2D eigenvalue weighted by atomic mass is 10.2. The highest BCUT2D eigenvalue weighted by Crippen LogP contribution is 2.11. The summed E-state index contributed by atoms with van der Waals surface area (Å²) in [6, 6.07) is 5.34. The Balaban J connectivity index is 2.30. The normalized spacial score (nSPS) is 10.5. The second kappa shape index (κ2) is 6.11. The molecule has 0 saturated heterocycles. The molecule has 2 rings (SSSR count). The van der Waals surface area contributed by atoms with Crippen molar-refractivity contribution in [1.82, 2.24) is 20.0 Å². The topological polar surface area (TPSA) is 116 Å². The Morgan fingerprint density at radius 1 is 1.50 bits per heavy atom. The number of carboxylic acid groups (broad SMARTS) is 1. The molecule has 0 bridgehead atoms. The van der Waals surface area contributed by atoms with E-state index in [2.05, 4.69) is 15.3 Å². The number of nitrogens with two attached hydrogens (primary N) is 1. The number of hydrogen-bond donors (Lipinski definition) is 2. The molecule has 0 aliphatic rings.